The fourth-order valence-electron chi connectivity index (χ4n) is 1.34. The monoisotopic (exact) mass is 190 g/mol. The van der Waals surface area contributed by atoms with Gasteiger partial charge in [-0.25, -0.2) is 0 Å². The average Bonchev–Trinajstić information content (AvgIpc) is 2.70. The Balaban J connectivity index is 2.51. The summed E-state index contributed by atoms with van der Waals surface area (Å²) in [5, 5.41) is 3.62. The Morgan fingerprint density at radius 1 is 1.57 bits per heavy atom. The largest absolute Gasteiger partial charge is 0.357 e. The molecule has 4 nitrogen and oxygen atoms in total. The first-order valence-electron chi connectivity index (χ1n) is 4.26. The highest BCUT2D eigenvalue weighted by Gasteiger charge is 2.14. The molecule has 0 N–H and O–H groups in total. The van der Waals surface area contributed by atoms with E-state index in [-0.39, 0.29) is 5.78 Å². The minimum atomic E-state index is -0.0369. The summed E-state index contributed by atoms with van der Waals surface area (Å²) in [6, 6.07) is 1.88. The summed E-state index contributed by atoms with van der Waals surface area (Å²) in [7, 11) is 1.91. The van der Waals surface area contributed by atoms with Crippen LogP contribution < -0.4 is 0 Å². The van der Waals surface area contributed by atoms with Crippen LogP contribution >= 0.6 is 0 Å². The zero-order valence-corrected chi connectivity index (χ0v) is 8.02. The number of nitrogens with zero attached hydrogens (tertiary/aromatic N) is 2. The SMILES string of the molecule is CC(=O)c1cnoc1-c1ccn(C)c1. The summed E-state index contributed by atoms with van der Waals surface area (Å²) >= 11 is 0. The molecule has 0 aliphatic heterocycles. The van der Waals surface area contributed by atoms with E-state index in [0.717, 1.165) is 5.56 Å². The molecule has 2 aromatic rings. The number of ketones is 1. The minimum absolute atomic E-state index is 0.0369. The second-order valence-corrected chi connectivity index (χ2v) is 3.19. The second-order valence-electron chi connectivity index (χ2n) is 3.19. The summed E-state index contributed by atoms with van der Waals surface area (Å²) in [6.45, 7) is 1.50. The Morgan fingerprint density at radius 2 is 2.36 bits per heavy atom. The van der Waals surface area contributed by atoms with E-state index in [9.17, 15) is 4.79 Å². The Hall–Kier alpha value is -1.84. The molecule has 0 bridgehead atoms. The minimum Gasteiger partial charge on any atom is -0.357 e. The Morgan fingerprint density at radius 3 is 2.93 bits per heavy atom. The molecule has 0 saturated carbocycles. The van der Waals surface area contributed by atoms with Crippen LogP contribution in [0.3, 0.4) is 0 Å². The van der Waals surface area contributed by atoms with Crippen molar-refractivity contribution in [1.29, 1.82) is 0 Å². The van der Waals surface area contributed by atoms with Gasteiger partial charge in [0.15, 0.2) is 11.5 Å². The Labute approximate surface area is 81.1 Å². The molecule has 0 amide bonds. The van der Waals surface area contributed by atoms with Crippen LogP contribution in [-0.4, -0.2) is 15.5 Å². The molecule has 0 radical (unpaired) electrons. The van der Waals surface area contributed by atoms with Gasteiger partial charge in [0.05, 0.1) is 11.8 Å². The van der Waals surface area contributed by atoms with Crippen molar-refractivity contribution in [2.45, 2.75) is 6.92 Å². The molecule has 0 aliphatic rings. The van der Waals surface area contributed by atoms with Crippen LogP contribution in [0.25, 0.3) is 11.3 Å². The van der Waals surface area contributed by atoms with Crippen molar-refractivity contribution in [1.82, 2.24) is 9.72 Å². The van der Waals surface area contributed by atoms with E-state index in [4.69, 9.17) is 4.52 Å². The predicted molar refractivity (Wildman–Crippen MR) is 50.9 cm³/mol. The molecule has 0 unspecified atom stereocenters. The van der Waals surface area contributed by atoms with Gasteiger partial charge in [0, 0.05) is 25.0 Å². The van der Waals surface area contributed by atoms with E-state index in [1.165, 1.54) is 13.1 Å². The van der Waals surface area contributed by atoms with E-state index < -0.39 is 0 Å². The summed E-state index contributed by atoms with van der Waals surface area (Å²) in [6.07, 6.45) is 5.22. The average molecular weight is 190 g/mol. The molecular formula is C10H10N2O2. The van der Waals surface area contributed by atoms with E-state index in [0.29, 0.717) is 11.3 Å². The van der Waals surface area contributed by atoms with Crippen molar-refractivity contribution in [3.8, 4) is 11.3 Å². The van der Waals surface area contributed by atoms with Gasteiger partial charge in [0.25, 0.3) is 0 Å². The van der Waals surface area contributed by atoms with Gasteiger partial charge < -0.3 is 9.09 Å². The molecule has 0 fully saturated rings. The first-order chi connectivity index (χ1) is 6.68. The third kappa shape index (κ3) is 1.35. The van der Waals surface area contributed by atoms with Crippen molar-refractivity contribution in [2.24, 2.45) is 7.05 Å². The highest BCUT2D eigenvalue weighted by atomic mass is 16.5. The molecule has 14 heavy (non-hydrogen) atoms. The van der Waals surface area contributed by atoms with Crippen LogP contribution in [0.15, 0.2) is 29.2 Å². The quantitative estimate of drug-likeness (QED) is 0.679. The van der Waals surface area contributed by atoms with Gasteiger partial charge in [-0.3, -0.25) is 4.79 Å². The topological polar surface area (TPSA) is 48.0 Å². The fourth-order valence-corrected chi connectivity index (χ4v) is 1.34. The molecule has 0 saturated heterocycles. The summed E-state index contributed by atoms with van der Waals surface area (Å²) in [4.78, 5) is 11.2. The Kier molecular flexibility index (Phi) is 1.96. The molecule has 2 aromatic heterocycles. The maximum Gasteiger partial charge on any atom is 0.179 e. The number of carbonyl (C=O) groups excluding carboxylic acids is 1. The molecular weight excluding hydrogens is 180 g/mol. The van der Waals surface area contributed by atoms with Gasteiger partial charge in [0.2, 0.25) is 0 Å². The summed E-state index contributed by atoms with van der Waals surface area (Å²) in [5.41, 5.74) is 1.39. The third-order valence-corrected chi connectivity index (χ3v) is 2.04. The van der Waals surface area contributed by atoms with Gasteiger partial charge in [0.1, 0.15) is 0 Å². The lowest BCUT2D eigenvalue weighted by Crippen LogP contribution is -1.91. The number of aryl methyl sites for hydroxylation is 1. The molecule has 2 heterocycles. The van der Waals surface area contributed by atoms with Gasteiger partial charge >= 0.3 is 0 Å². The fraction of sp³-hybridized carbons (Fsp3) is 0.200. The van der Waals surface area contributed by atoms with Crippen LogP contribution in [0, 0.1) is 0 Å². The van der Waals surface area contributed by atoms with Crippen LogP contribution in [-0.2, 0) is 7.05 Å². The lowest BCUT2D eigenvalue weighted by Gasteiger charge is -1.92. The van der Waals surface area contributed by atoms with Crippen LogP contribution in [0.1, 0.15) is 17.3 Å². The summed E-state index contributed by atoms with van der Waals surface area (Å²) in [5.74, 6) is 0.503. The number of hydrogen-bond acceptors (Lipinski definition) is 3. The van der Waals surface area contributed by atoms with Crippen molar-refractivity contribution in [3.05, 3.63) is 30.2 Å². The second kappa shape index (κ2) is 3.14. The lowest BCUT2D eigenvalue weighted by atomic mass is 10.1. The van der Waals surface area contributed by atoms with Gasteiger partial charge in [-0.15, -0.1) is 0 Å². The van der Waals surface area contributed by atoms with Gasteiger partial charge in [-0.2, -0.15) is 0 Å². The number of hydrogen-bond donors (Lipinski definition) is 0. The van der Waals surface area contributed by atoms with Gasteiger partial charge in [-0.05, 0) is 13.0 Å². The molecule has 0 aromatic carbocycles. The first-order valence-corrected chi connectivity index (χ1v) is 4.26. The third-order valence-electron chi connectivity index (χ3n) is 2.04. The zero-order valence-electron chi connectivity index (χ0n) is 8.02. The van der Waals surface area contributed by atoms with Crippen LogP contribution in [0.2, 0.25) is 0 Å². The maximum absolute atomic E-state index is 11.2. The van der Waals surface area contributed by atoms with Gasteiger partial charge in [-0.1, -0.05) is 5.16 Å². The number of rotatable bonds is 2. The highest BCUT2D eigenvalue weighted by molar-refractivity contribution is 5.99. The molecule has 72 valence electrons. The smallest absolute Gasteiger partial charge is 0.179 e. The standard InChI is InChI=1S/C10H10N2O2/c1-7(13)9-5-11-14-10(9)8-3-4-12(2)6-8/h3-6H,1-2H3. The highest BCUT2D eigenvalue weighted by Crippen LogP contribution is 2.23. The van der Waals surface area contributed by atoms with E-state index in [1.54, 1.807) is 0 Å². The number of aromatic nitrogens is 2. The zero-order chi connectivity index (χ0) is 10.1. The molecule has 2 rings (SSSR count). The summed E-state index contributed by atoms with van der Waals surface area (Å²) < 4.78 is 6.93. The number of carbonyl (C=O) groups is 1. The van der Waals surface area contributed by atoms with E-state index in [2.05, 4.69) is 5.16 Å². The van der Waals surface area contributed by atoms with Crippen molar-refractivity contribution >= 4 is 5.78 Å². The Bertz CT molecular complexity index is 468. The van der Waals surface area contributed by atoms with Crippen molar-refractivity contribution in [2.75, 3.05) is 0 Å². The first kappa shape index (κ1) is 8.74. The van der Waals surface area contributed by atoms with Crippen molar-refractivity contribution in [3.63, 3.8) is 0 Å². The lowest BCUT2D eigenvalue weighted by molar-refractivity contribution is 0.101. The molecule has 4 heteroatoms. The normalized spacial score (nSPS) is 10.4. The molecule has 0 atom stereocenters. The molecule has 0 spiro atoms. The van der Waals surface area contributed by atoms with Crippen molar-refractivity contribution < 1.29 is 9.32 Å². The predicted octanol–water partition coefficient (Wildman–Crippen LogP) is 1.88. The van der Waals surface area contributed by atoms with Crippen LogP contribution in [0.5, 0.6) is 0 Å². The number of Topliss-reactive ketones (excluding diaryl/α,β-unsaturated/α-hetero) is 1. The van der Waals surface area contributed by atoms with E-state index in [1.807, 2.05) is 30.1 Å². The maximum atomic E-state index is 11.2. The van der Waals surface area contributed by atoms with E-state index >= 15 is 0 Å². The van der Waals surface area contributed by atoms with Crippen LogP contribution in [0.4, 0.5) is 0 Å². The molecule has 0 aliphatic carbocycles.